The van der Waals surface area contributed by atoms with E-state index in [1.807, 2.05) is 18.2 Å². The van der Waals surface area contributed by atoms with Crippen LogP contribution in [0.4, 0.5) is 0 Å². The molecule has 0 aliphatic heterocycles. The van der Waals surface area contributed by atoms with Crippen LogP contribution in [0.1, 0.15) is 39.0 Å². The molecule has 1 atom stereocenters. The number of carbonyl (C=O) groups is 1. The Morgan fingerprint density at radius 1 is 1.08 bits per heavy atom. The monoisotopic (exact) mass is 349 g/mol. The van der Waals surface area contributed by atoms with Gasteiger partial charge >= 0.3 is 5.97 Å². The number of fused-ring (bicyclic) bond motifs is 1. The summed E-state index contributed by atoms with van der Waals surface area (Å²) in [5.74, 6) is -1.14. The van der Waals surface area contributed by atoms with Crippen LogP contribution in [0.2, 0.25) is 0 Å². The van der Waals surface area contributed by atoms with Gasteiger partial charge in [0.05, 0.1) is 4.90 Å². The zero-order valence-electron chi connectivity index (χ0n) is 13.7. The lowest BCUT2D eigenvalue weighted by Gasteiger charge is -2.16. The van der Waals surface area contributed by atoms with Crippen molar-refractivity contribution >= 4 is 26.8 Å². The van der Waals surface area contributed by atoms with E-state index in [1.165, 1.54) is 6.07 Å². The van der Waals surface area contributed by atoms with Crippen LogP contribution >= 0.6 is 0 Å². The standard InChI is InChI=1S/C18H23NO4S/c1-2-3-4-5-12-16(18(20)21)19-24(22,23)17-13-8-10-14-9-6-7-11-15(14)17/h6-11,13,16,19H,2-5,12H2,1H3,(H,20,21). The average Bonchev–Trinajstić information content (AvgIpc) is 2.56. The van der Waals surface area contributed by atoms with Gasteiger partial charge in [0.2, 0.25) is 10.0 Å². The topological polar surface area (TPSA) is 83.5 Å². The highest BCUT2D eigenvalue weighted by Gasteiger charge is 2.26. The summed E-state index contributed by atoms with van der Waals surface area (Å²) in [6, 6.07) is 11.0. The molecule has 0 bridgehead atoms. The van der Waals surface area contributed by atoms with Gasteiger partial charge in [-0.25, -0.2) is 8.42 Å². The maximum Gasteiger partial charge on any atom is 0.321 e. The molecule has 130 valence electrons. The zero-order valence-corrected chi connectivity index (χ0v) is 14.6. The number of aliphatic carboxylic acids is 1. The number of nitrogens with one attached hydrogen (secondary N) is 1. The van der Waals surface area contributed by atoms with Crippen LogP contribution in [0, 0.1) is 0 Å². The van der Waals surface area contributed by atoms with Crippen molar-refractivity contribution in [3.05, 3.63) is 42.5 Å². The van der Waals surface area contributed by atoms with Gasteiger partial charge in [-0.3, -0.25) is 4.79 Å². The molecule has 0 fully saturated rings. The molecule has 2 rings (SSSR count). The van der Waals surface area contributed by atoms with Gasteiger partial charge in [-0.2, -0.15) is 4.72 Å². The number of unbranched alkanes of at least 4 members (excludes halogenated alkanes) is 3. The van der Waals surface area contributed by atoms with Crippen molar-refractivity contribution in [2.75, 3.05) is 0 Å². The molecule has 0 radical (unpaired) electrons. The summed E-state index contributed by atoms with van der Waals surface area (Å²) in [7, 11) is -3.90. The summed E-state index contributed by atoms with van der Waals surface area (Å²) >= 11 is 0. The number of rotatable bonds is 9. The third-order valence-corrected chi connectivity index (χ3v) is 5.51. The van der Waals surface area contributed by atoms with Gasteiger partial charge in [-0.15, -0.1) is 0 Å². The lowest BCUT2D eigenvalue weighted by atomic mass is 10.1. The normalized spacial score (nSPS) is 13.0. The predicted octanol–water partition coefficient (Wildman–Crippen LogP) is 3.54. The van der Waals surface area contributed by atoms with Crippen molar-refractivity contribution < 1.29 is 18.3 Å². The average molecular weight is 349 g/mol. The molecule has 0 aromatic heterocycles. The molecule has 0 aliphatic rings. The van der Waals surface area contributed by atoms with E-state index in [4.69, 9.17) is 0 Å². The van der Waals surface area contributed by atoms with Crippen molar-refractivity contribution in [1.29, 1.82) is 0 Å². The molecule has 0 aliphatic carbocycles. The van der Waals surface area contributed by atoms with Crippen LogP contribution in [-0.4, -0.2) is 25.5 Å². The zero-order chi connectivity index (χ0) is 17.6. The highest BCUT2D eigenvalue weighted by atomic mass is 32.2. The first-order valence-corrected chi connectivity index (χ1v) is 9.67. The van der Waals surface area contributed by atoms with E-state index < -0.39 is 22.0 Å². The molecule has 0 heterocycles. The fourth-order valence-corrected chi connectivity index (χ4v) is 4.14. The number of carboxylic acid groups (broad SMARTS) is 1. The van der Waals surface area contributed by atoms with E-state index in [9.17, 15) is 18.3 Å². The minimum absolute atomic E-state index is 0.111. The summed E-state index contributed by atoms with van der Waals surface area (Å²) in [6.45, 7) is 2.07. The first kappa shape index (κ1) is 18.4. The Balaban J connectivity index is 2.23. The number of benzene rings is 2. The van der Waals surface area contributed by atoms with Crippen LogP contribution in [-0.2, 0) is 14.8 Å². The fraction of sp³-hybridized carbons (Fsp3) is 0.389. The molecular formula is C18H23NO4S. The van der Waals surface area contributed by atoms with Crippen molar-refractivity contribution in [1.82, 2.24) is 4.72 Å². The van der Waals surface area contributed by atoms with E-state index in [2.05, 4.69) is 11.6 Å². The molecule has 0 saturated heterocycles. The Labute approximate surface area is 142 Å². The van der Waals surface area contributed by atoms with Crippen LogP contribution in [0.25, 0.3) is 10.8 Å². The molecule has 2 aromatic carbocycles. The number of carboxylic acids is 1. The second kappa shape index (κ2) is 8.26. The van der Waals surface area contributed by atoms with E-state index in [1.54, 1.807) is 18.2 Å². The maximum atomic E-state index is 12.7. The van der Waals surface area contributed by atoms with E-state index in [-0.39, 0.29) is 4.90 Å². The van der Waals surface area contributed by atoms with Gasteiger partial charge < -0.3 is 5.11 Å². The molecule has 1 unspecified atom stereocenters. The number of sulfonamides is 1. The molecule has 0 amide bonds. The molecular weight excluding hydrogens is 326 g/mol. The van der Waals surface area contributed by atoms with Gasteiger partial charge in [0.25, 0.3) is 0 Å². The summed E-state index contributed by atoms with van der Waals surface area (Å²) in [5.41, 5.74) is 0. The van der Waals surface area contributed by atoms with Gasteiger partial charge in [-0.1, -0.05) is 69.0 Å². The Kier molecular flexibility index (Phi) is 6.34. The molecule has 24 heavy (non-hydrogen) atoms. The second-order valence-electron chi connectivity index (χ2n) is 5.84. The SMILES string of the molecule is CCCCCCC(NS(=O)(=O)c1cccc2ccccc12)C(=O)O. The molecule has 5 nitrogen and oxygen atoms in total. The summed E-state index contributed by atoms with van der Waals surface area (Å²) in [4.78, 5) is 11.5. The quantitative estimate of drug-likeness (QED) is 0.678. The Morgan fingerprint density at radius 3 is 2.50 bits per heavy atom. The molecule has 2 aromatic rings. The number of hydrogen-bond acceptors (Lipinski definition) is 3. The molecule has 0 saturated carbocycles. The van der Waals surface area contributed by atoms with Crippen LogP contribution in [0.5, 0.6) is 0 Å². The van der Waals surface area contributed by atoms with Gasteiger partial charge in [0.1, 0.15) is 6.04 Å². The van der Waals surface area contributed by atoms with Gasteiger partial charge in [-0.05, 0) is 17.9 Å². The summed E-state index contributed by atoms with van der Waals surface area (Å²) in [5, 5.41) is 10.7. The van der Waals surface area contributed by atoms with Crippen molar-refractivity contribution in [2.45, 2.75) is 50.0 Å². The van der Waals surface area contributed by atoms with Crippen LogP contribution in [0.3, 0.4) is 0 Å². The second-order valence-corrected chi connectivity index (χ2v) is 7.52. The van der Waals surface area contributed by atoms with Crippen molar-refractivity contribution in [3.63, 3.8) is 0 Å². The predicted molar refractivity (Wildman–Crippen MR) is 94.5 cm³/mol. The van der Waals surface area contributed by atoms with E-state index in [0.717, 1.165) is 24.6 Å². The van der Waals surface area contributed by atoms with Crippen molar-refractivity contribution in [2.24, 2.45) is 0 Å². The Bertz CT molecular complexity index is 796. The third-order valence-electron chi connectivity index (χ3n) is 3.98. The largest absolute Gasteiger partial charge is 0.480 e. The van der Waals surface area contributed by atoms with Gasteiger partial charge in [0, 0.05) is 5.39 Å². The van der Waals surface area contributed by atoms with Crippen molar-refractivity contribution in [3.8, 4) is 0 Å². The van der Waals surface area contributed by atoms with Gasteiger partial charge in [0.15, 0.2) is 0 Å². The maximum absolute atomic E-state index is 12.7. The lowest BCUT2D eigenvalue weighted by molar-refractivity contribution is -0.139. The van der Waals surface area contributed by atoms with Crippen LogP contribution in [0.15, 0.2) is 47.4 Å². The van der Waals surface area contributed by atoms with E-state index >= 15 is 0 Å². The molecule has 0 spiro atoms. The first-order valence-electron chi connectivity index (χ1n) is 8.18. The third kappa shape index (κ3) is 4.55. The summed E-state index contributed by atoms with van der Waals surface area (Å²) < 4.78 is 27.7. The smallest absolute Gasteiger partial charge is 0.321 e. The highest BCUT2D eigenvalue weighted by molar-refractivity contribution is 7.89. The summed E-state index contributed by atoms with van der Waals surface area (Å²) in [6.07, 6.45) is 3.93. The lowest BCUT2D eigenvalue weighted by Crippen LogP contribution is -2.40. The molecule has 6 heteroatoms. The minimum Gasteiger partial charge on any atom is -0.480 e. The number of hydrogen-bond donors (Lipinski definition) is 2. The highest BCUT2D eigenvalue weighted by Crippen LogP contribution is 2.23. The van der Waals surface area contributed by atoms with E-state index in [0.29, 0.717) is 18.2 Å². The van der Waals surface area contributed by atoms with Crippen LogP contribution < -0.4 is 4.72 Å². The first-order chi connectivity index (χ1) is 11.5. The minimum atomic E-state index is -3.90. The fourth-order valence-electron chi connectivity index (χ4n) is 2.69. The Morgan fingerprint density at radius 2 is 1.79 bits per heavy atom. The molecule has 2 N–H and O–H groups in total. The Hall–Kier alpha value is -1.92.